The fourth-order valence-corrected chi connectivity index (χ4v) is 2.41. The molecule has 1 spiro atoms. The van der Waals surface area contributed by atoms with Gasteiger partial charge in [0.2, 0.25) is 0 Å². The van der Waals surface area contributed by atoms with Crippen molar-refractivity contribution in [2.45, 2.75) is 44.5 Å². The second-order valence-electron chi connectivity index (χ2n) is 4.38. The molecule has 2 rings (SSSR count). The molecule has 76 valence electrons. The van der Waals surface area contributed by atoms with E-state index >= 15 is 0 Å². The number of nitrogens with one attached hydrogen (secondary N) is 1. The molecule has 2 aliphatic rings. The zero-order chi connectivity index (χ0) is 9.31. The Labute approximate surface area is 79.8 Å². The van der Waals surface area contributed by atoms with Crippen LogP contribution in [-0.4, -0.2) is 37.5 Å². The summed E-state index contributed by atoms with van der Waals surface area (Å²) in [6.07, 6.45) is 2.76. The fourth-order valence-electron chi connectivity index (χ4n) is 2.41. The minimum atomic E-state index is 0.0648. The fraction of sp³-hybridized carbons (Fsp3) is 1.00. The van der Waals surface area contributed by atoms with Gasteiger partial charge in [-0.05, 0) is 13.8 Å². The van der Waals surface area contributed by atoms with E-state index in [0.717, 1.165) is 32.5 Å². The summed E-state index contributed by atoms with van der Waals surface area (Å²) in [6, 6.07) is 0. The van der Waals surface area contributed by atoms with E-state index in [-0.39, 0.29) is 5.60 Å². The van der Waals surface area contributed by atoms with Gasteiger partial charge in [-0.2, -0.15) is 0 Å². The largest absolute Gasteiger partial charge is 0.378 e. The van der Waals surface area contributed by atoms with Gasteiger partial charge in [0.15, 0.2) is 0 Å². The molecule has 2 aliphatic heterocycles. The summed E-state index contributed by atoms with van der Waals surface area (Å²) in [5.74, 6) is 0. The first-order valence-corrected chi connectivity index (χ1v) is 5.20. The Kier molecular flexibility index (Phi) is 2.58. The minimum absolute atomic E-state index is 0.0648. The van der Waals surface area contributed by atoms with Crippen LogP contribution < -0.4 is 5.32 Å². The topological polar surface area (TPSA) is 30.5 Å². The van der Waals surface area contributed by atoms with Crippen LogP contribution >= 0.6 is 0 Å². The van der Waals surface area contributed by atoms with Crippen LogP contribution in [0.5, 0.6) is 0 Å². The van der Waals surface area contributed by atoms with Gasteiger partial charge < -0.3 is 14.8 Å². The third-order valence-electron chi connectivity index (χ3n) is 2.95. The lowest BCUT2D eigenvalue weighted by Gasteiger charge is -2.45. The van der Waals surface area contributed by atoms with Gasteiger partial charge in [-0.3, -0.25) is 0 Å². The molecule has 0 unspecified atom stereocenters. The molecule has 0 aromatic rings. The van der Waals surface area contributed by atoms with Crippen LogP contribution in [0.3, 0.4) is 0 Å². The van der Waals surface area contributed by atoms with Crippen LogP contribution in [0.1, 0.15) is 26.7 Å². The predicted molar refractivity (Wildman–Crippen MR) is 50.8 cm³/mol. The number of hydrogen-bond acceptors (Lipinski definition) is 3. The van der Waals surface area contributed by atoms with Gasteiger partial charge in [0, 0.05) is 32.5 Å². The van der Waals surface area contributed by atoms with E-state index in [4.69, 9.17) is 9.47 Å². The standard InChI is InChI=1S/C10H19NO2/c1-8-5-10(3-4-12-8)7-11-6-9(2)13-10/h8-9,11H,3-7H2,1-2H3/t8-,9+,10+/m1/s1. The van der Waals surface area contributed by atoms with Crippen LogP contribution in [0.25, 0.3) is 0 Å². The van der Waals surface area contributed by atoms with Gasteiger partial charge >= 0.3 is 0 Å². The van der Waals surface area contributed by atoms with E-state index in [1.165, 1.54) is 0 Å². The molecule has 0 saturated carbocycles. The molecule has 2 saturated heterocycles. The molecule has 1 N–H and O–H groups in total. The SMILES string of the molecule is C[C@@H]1C[C@@]2(CCO1)CNC[C@H](C)O2. The van der Waals surface area contributed by atoms with Gasteiger partial charge in [0.05, 0.1) is 17.8 Å². The first kappa shape index (κ1) is 9.44. The van der Waals surface area contributed by atoms with E-state index in [2.05, 4.69) is 19.2 Å². The molecular weight excluding hydrogens is 166 g/mol. The highest BCUT2D eigenvalue weighted by atomic mass is 16.5. The van der Waals surface area contributed by atoms with Gasteiger partial charge in [-0.1, -0.05) is 0 Å². The van der Waals surface area contributed by atoms with E-state index < -0.39 is 0 Å². The van der Waals surface area contributed by atoms with E-state index in [9.17, 15) is 0 Å². The first-order chi connectivity index (χ1) is 6.20. The molecular formula is C10H19NO2. The van der Waals surface area contributed by atoms with E-state index in [1.807, 2.05) is 0 Å². The third kappa shape index (κ3) is 2.03. The number of ether oxygens (including phenoxy) is 2. The Morgan fingerprint density at radius 3 is 2.85 bits per heavy atom. The summed E-state index contributed by atoms with van der Waals surface area (Å²) in [4.78, 5) is 0. The highest BCUT2D eigenvalue weighted by Crippen LogP contribution is 2.30. The molecule has 0 amide bonds. The van der Waals surface area contributed by atoms with Gasteiger partial charge in [0.25, 0.3) is 0 Å². The van der Waals surface area contributed by atoms with Gasteiger partial charge in [0.1, 0.15) is 0 Å². The molecule has 0 radical (unpaired) electrons. The van der Waals surface area contributed by atoms with Crippen molar-refractivity contribution < 1.29 is 9.47 Å². The molecule has 0 aromatic carbocycles. The number of hydrogen-bond donors (Lipinski definition) is 1. The number of rotatable bonds is 0. The van der Waals surface area contributed by atoms with Crippen LogP contribution in [0.2, 0.25) is 0 Å². The summed E-state index contributed by atoms with van der Waals surface area (Å²) < 4.78 is 11.6. The van der Waals surface area contributed by atoms with Crippen molar-refractivity contribution in [2.75, 3.05) is 19.7 Å². The molecule has 2 fully saturated rings. The average Bonchev–Trinajstić information content (AvgIpc) is 2.02. The molecule has 0 aliphatic carbocycles. The van der Waals surface area contributed by atoms with Crippen molar-refractivity contribution in [3.63, 3.8) is 0 Å². The second-order valence-corrected chi connectivity index (χ2v) is 4.38. The molecule has 3 atom stereocenters. The van der Waals surface area contributed by atoms with Crippen LogP contribution in [0, 0.1) is 0 Å². The van der Waals surface area contributed by atoms with Crippen LogP contribution in [0.15, 0.2) is 0 Å². The maximum absolute atomic E-state index is 6.04. The Morgan fingerprint density at radius 1 is 1.31 bits per heavy atom. The summed E-state index contributed by atoms with van der Waals surface area (Å²) in [5.41, 5.74) is 0.0648. The summed E-state index contributed by atoms with van der Waals surface area (Å²) in [7, 11) is 0. The highest BCUT2D eigenvalue weighted by Gasteiger charge is 2.39. The zero-order valence-corrected chi connectivity index (χ0v) is 8.51. The predicted octanol–water partition coefficient (Wildman–Crippen LogP) is 0.932. The number of morpholine rings is 1. The first-order valence-electron chi connectivity index (χ1n) is 5.20. The van der Waals surface area contributed by atoms with Crippen molar-refractivity contribution in [1.82, 2.24) is 5.32 Å². The van der Waals surface area contributed by atoms with Crippen molar-refractivity contribution in [1.29, 1.82) is 0 Å². The molecule has 13 heavy (non-hydrogen) atoms. The summed E-state index contributed by atoms with van der Waals surface area (Å²) in [5, 5.41) is 3.44. The van der Waals surface area contributed by atoms with Crippen molar-refractivity contribution >= 4 is 0 Å². The lowest BCUT2D eigenvalue weighted by Crippen LogP contribution is -2.56. The van der Waals surface area contributed by atoms with Gasteiger partial charge in [-0.15, -0.1) is 0 Å². The van der Waals surface area contributed by atoms with Crippen molar-refractivity contribution in [3.05, 3.63) is 0 Å². The van der Waals surface area contributed by atoms with Gasteiger partial charge in [-0.25, -0.2) is 0 Å². The Morgan fingerprint density at radius 2 is 2.15 bits per heavy atom. The smallest absolute Gasteiger partial charge is 0.0856 e. The van der Waals surface area contributed by atoms with Crippen LogP contribution in [0.4, 0.5) is 0 Å². The normalized spacial score (nSPS) is 46.6. The highest BCUT2D eigenvalue weighted by molar-refractivity contribution is 4.92. The van der Waals surface area contributed by atoms with Crippen molar-refractivity contribution in [3.8, 4) is 0 Å². The molecule has 0 aromatic heterocycles. The van der Waals surface area contributed by atoms with E-state index in [0.29, 0.717) is 12.2 Å². The summed E-state index contributed by atoms with van der Waals surface area (Å²) in [6.45, 7) is 7.08. The minimum Gasteiger partial charge on any atom is -0.378 e. The summed E-state index contributed by atoms with van der Waals surface area (Å²) >= 11 is 0. The zero-order valence-electron chi connectivity index (χ0n) is 8.51. The molecule has 3 nitrogen and oxygen atoms in total. The quantitative estimate of drug-likeness (QED) is 0.609. The Bertz CT molecular complexity index is 164. The average molecular weight is 185 g/mol. The molecule has 3 heteroatoms. The maximum Gasteiger partial charge on any atom is 0.0856 e. The Hall–Kier alpha value is -0.120. The second kappa shape index (κ2) is 3.56. The Balaban J connectivity index is 2.00. The molecule has 0 bridgehead atoms. The van der Waals surface area contributed by atoms with Crippen LogP contribution in [-0.2, 0) is 9.47 Å². The van der Waals surface area contributed by atoms with Crippen molar-refractivity contribution in [2.24, 2.45) is 0 Å². The molecule has 2 heterocycles. The lowest BCUT2D eigenvalue weighted by atomic mass is 9.89. The lowest BCUT2D eigenvalue weighted by molar-refractivity contribution is -0.169. The maximum atomic E-state index is 6.04. The third-order valence-corrected chi connectivity index (χ3v) is 2.95. The monoisotopic (exact) mass is 185 g/mol. The van der Waals surface area contributed by atoms with E-state index in [1.54, 1.807) is 0 Å².